The third-order valence-electron chi connectivity index (χ3n) is 2.61. The average Bonchev–Trinajstić information content (AvgIpc) is 2.15. The number of aliphatic hydroxyl groups excluding tert-OH is 1. The van der Waals surface area contributed by atoms with E-state index in [9.17, 15) is 5.11 Å². The molecule has 0 saturated carbocycles. The Morgan fingerprint density at radius 1 is 1.54 bits per heavy atom. The van der Waals surface area contributed by atoms with E-state index in [4.69, 9.17) is 4.74 Å². The fourth-order valence-corrected chi connectivity index (χ4v) is 1.70. The predicted molar refractivity (Wildman–Crippen MR) is 52.7 cm³/mol. The zero-order chi connectivity index (χ0) is 9.68. The van der Waals surface area contributed by atoms with Crippen molar-refractivity contribution in [3.63, 3.8) is 0 Å². The van der Waals surface area contributed by atoms with Crippen molar-refractivity contribution in [2.24, 2.45) is 5.92 Å². The maximum atomic E-state index is 9.82. The number of ether oxygens (including phenoxy) is 1. The Hall–Kier alpha value is -0.120. The number of nitrogens with zero attached hydrogens (tertiary/aromatic N) is 1. The lowest BCUT2D eigenvalue weighted by Gasteiger charge is -2.27. The van der Waals surface area contributed by atoms with E-state index in [1.807, 2.05) is 14.1 Å². The number of hydrogen-bond donors (Lipinski definition) is 1. The van der Waals surface area contributed by atoms with E-state index in [0.717, 1.165) is 39.0 Å². The summed E-state index contributed by atoms with van der Waals surface area (Å²) >= 11 is 0. The average molecular weight is 187 g/mol. The maximum Gasteiger partial charge on any atom is 0.0602 e. The van der Waals surface area contributed by atoms with E-state index < -0.39 is 0 Å². The third-order valence-corrected chi connectivity index (χ3v) is 2.61. The smallest absolute Gasteiger partial charge is 0.0602 e. The number of hydrogen-bond acceptors (Lipinski definition) is 3. The molecule has 0 aromatic rings. The van der Waals surface area contributed by atoms with Crippen LogP contribution < -0.4 is 0 Å². The van der Waals surface area contributed by atoms with Crippen LogP contribution in [0.5, 0.6) is 0 Å². The first kappa shape index (κ1) is 11.0. The summed E-state index contributed by atoms with van der Waals surface area (Å²) in [6.45, 7) is 2.57. The van der Waals surface area contributed by atoms with Crippen molar-refractivity contribution >= 4 is 0 Å². The third kappa shape index (κ3) is 4.07. The topological polar surface area (TPSA) is 32.7 Å². The molecule has 3 heteroatoms. The Morgan fingerprint density at radius 3 is 2.85 bits per heavy atom. The largest absolute Gasteiger partial charge is 0.393 e. The second kappa shape index (κ2) is 5.58. The summed E-state index contributed by atoms with van der Waals surface area (Å²) in [4.78, 5) is 2.10. The zero-order valence-electron chi connectivity index (χ0n) is 8.70. The molecule has 0 aromatic heterocycles. The van der Waals surface area contributed by atoms with E-state index in [1.165, 1.54) is 0 Å². The molecule has 1 saturated heterocycles. The van der Waals surface area contributed by atoms with Crippen molar-refractivity contribution in [3.05, 3.63) is 0 Å². The first-order valence-electron chi connectivity index (χ1n) is 5.10. The van der Waals surface area contributed by atoms with Crippen LogP contribution in [0.15, 0.2) is 0 Å². The highest BCUT2D eigenvalue weighted by atomic mass is 16.5. The summed E-state index contributed by atoms with van der Waals surface area (Å²) in [6.07, 6.45) is 2.90. The van der Waals surface area contributed by atoms with Crippen molar-refractivity contribution in [2.45, 2.75) is 25.4 Å². The second-order valence-electron chi connectivity index (χ2n) is 4.14. The second-order valence-corrected chi connectivity index (χ2v) is 4.14. The SMILES string of the molecule is CN(C)CCC(O)C1CCCOC1. The minimum absolute atomic E-state index is 0.178. The first-order chi connectivity index (χ1) is 6.20. The van der Waals surface area contributed by atoms with Gasteiger partial charge in [0.25, 0.3) is 0 Å². The van der Waals surface area contributed by atoms with Gasteiger partial charge in [-0.05, 0) is 39.9 Å². The molecule has 1 rings (SSSR count). The Balaban J connectivity index is 2.17. The lowest BCUT2D eigenvalue weighted by Crippen LogP contribution is -2.31. The van der Waals surface area contributed by atoms with Crippen molar-refractivity contribution in [1.82, 2.24) is 4.90 Å². The standard InChI is InChI=1S/C10H21NO2/c1-11(2)6-5-10(12)9-4-3-7-13-8-9/h9-10,12H,3-8H2,1-2H3. The molecule has 2 atom stereocenters. The van der Waals surface area contributed by atoms with E-state index in [2.05, 4.69) is 4.90 Å². The van der Waals surface area contributed by atoms with E-state index in [0.29, 0.717) is 5.92 Å². The van der Waals surface area contributed by atoms with Gasteiger partial charge in [0.1, 0.15) is 0 Å². The Kier molecular flexibility index (Phi) is 4.70. The highest BCUT2D eigenvalue weighted by Crippen LogP contribution is 2.19. The highest BCUT2D eigenvalue weighted by molar-refractivity contribution is 4.72. The van der Waals surface area contributed by atoms with Gasteiger partial charge in [-0.1, -0.05) is 0 Å². The molecule has 0 bridgehead atoms. The van der Waals surface area contributed by atoms with Gasteiger partial charge in [0.15, 0.2) is 0 Å². The first-order valence-corrected chi connectivity index (χ1v) is 5.10. The van der Waals surface area contributed by atoms with Gasteiger partial charge in [-0.2, -0.15) is 0 Å². The van der Waals surface area contributed by atoms with Gasteiger partial charge in [-0.25, -0.2) is 0 Å². The van der Waals surface area contributed by atoms with Crippen molar-refractivity contribution < 1.29 is 9.84 Å². The lowest BCUT2D eigenvalue weighted by atomic mass is 9.94. The maximum absolute atomic E-state index is 9.82. The van der Waals surface area contributed by atoms with Crippen molar-refractivity contribution in [1.29, 1.82) is 0 Å². The lowest BCUT2D eigenvalue weighted by molar-refractivity contribution is -0.0137. The molecule has 1 aliphatic heterocycles. The predicted octanol–water partition coefficient (Wildman–Crippen LogP) is 0.726. The van der Waals surface area contributed by atoms with Gasteiger partial charge in [0, 0.05) is 12.5 Å². The monoisotopic (exact) mass is 187 g/mol. The summed E-state index contributed by atoms with van der Waals surface area (Å²) in [6, 6.07) is 0. The van der Waals surface area contributed by atoms with Gasteiger partial charge in [0.05, 0.1) is 12.7 Å². The Morgan fingerprint density at radius 2 is 2.31 bits per heavy atom. The molecule has 0 spiro atoms. The van der Waals surface area contributed by atoms with Crippen LogP contribution in [0.1, 0.15) is 19.3 Å². The van der Waals surface area contributed by atoms with E-state index in [1.54, 1.807) is 0 Å². The minimum Gasteiger partial charge on any atom is -0.393 e. The molecule has 78 valence electrons. The molecule has 1 N–H and O–H groups in total. The normalized spacial score (nSPS) is 26.3. The molecule has 0 radical (unpaired) electrons. The van der Waals surface area contributed by atoms with Crippen LogP contribution in [0.2, 0.25) is 0 Å². The molecule has 2 unspecified atom stereocenters. The van der Waals surface area contributed by atoms with Crippen LogP contribution in [0.25, 0.3) is 0 Å². The molecule has 0 amide bonds. The van der Waals surface area contributed by atoms with Crippen molar-refractivity contribution in [2.75, 3.05) is 33.9 Å². The molecule has 1 aliphatic rings. The molecule has 0 aromatic carbocycles. The summed E-state index contributed by atoms with van der Waals surface area (Å²) in [7, 11) is 4.06. The van der Waals surface area contributed by atoms with Crippen LogP contribution in [-0.2, 0) is 4.74 Å². The summed E-state index contributed by atoms with van der Waals surface area (Å²) in [5.41, 5.74) is 0. The van der Waals surface area contributed by atoms with Crippen LogP contribution in [0.3, 0.4) is 0 Å². The van der Waals surface area contributed by atoms with E-state index in [-0.39, 0.29) is 6.10 Å². The highest BCUT2D eigenvalue weighted by Gasteiger charge is 2.21. The summed E-state index contributed by atoms with van der Waals surface area (Å²) in [5.74, 6) is 0.369. The number of aliphatic hydroxyl groups is 1. The van der Waals surface area contributed by atoms with Gasteiger partial charge in [-0.3, -0.25) is 0 Å². The Labute approximate surface area is 80.7 Å². The molecular weight excluding hydrogens is 166 g/mol. The quantitative estimate of drug-likeness (QED) is 0.704. The van der Waals surface area contributed by atoms with Crippen molar-refractivity contribution in [3.8, 4) is 0 Å². The van der Waals surface area contributed by atoms with Crippen LogP contribution in [-0.4, -0.2) is 50.0 Å². The molecule has 1 fully saturated rings. The molecule has 3 nitrogen and oxygen atoms in total. The van der Waals surface area contributed by atoms with Gasteiger partial charge < -0.3 is 14.7 Å². The molecular formula is C10H21NO2. The zero-order valence-corrected chi connectivity index (χ0v) is 8.70. The molecule has 0 aliphatic carbocycles. The van der Waals surface area contributed by atoms with Crippen LogP contribution in [0, 0.1) is 5.92 Å². The Bertz CT molecular complexity index is 133. The fraction of sp³-hybridized carbons (Fsp3) is 1.00. The van der Waals surface area contributed by atoms with Gasteiger partial charge in [0.2, 0.25) is 0 Å². The summed E-state index contributed by atoms with van der Waals surface area (Å²) < 4.78 is 5.34. The van der Waals surface area contributed by atoms with Crippen LogP contribution in [0.4, 0.5) is 0 Å². The number of rotatable bonds is 4. The molecule has 1 heterocycles. The minimum atomic E-state index is -0.178. The van der Waals surface area contributed by atoms with Crippen LogP contribution >= 0.6 is 0 Å². The van der Waals surface area contributed by atoms with Gasteiger partial charge in [-0.15, -0.1) is 0 Å². The van der Waals surface area contributed by atoms with E-state index >= 15 is 0 Å². The fourth-order valence-electron chi connectivity index (χ4n) is 1.70. The summed E-state index contributed by atoms with van der Waals surface area (Å²) in [5, 5.41) is 9.82. The van der Waals surface area contributed by atoms with Gasteiger partial charge >= 0.3 is 0 Å². The molecule has 13 heavy (non-hydrogen) atoms.